The fourth-order valence-corrected chi connectivity index (χ4v) is 3.78. The molecule has 4 heteroatoms. The third kappa shape index (κ3) is 3.11. The summed E-state index contributed by atoms with van der Waals surface area (Å²) in [5.74, 6) is -0.430. The van der Waals surface area contributed by atoms with E-state index < -0.39 is 5.97 Å². The van der Waals surface area contributed by atoms with E-state index in [1.165, 1.54) is 25.9 Å². The maximum Gasteiger partial charge on any atom is 0.335 e. The first-order valence-corrected chi connectivity index (χ1v) is 7.90. The van der Waals surface area contributed by atoms with Crippen molar-refractivity contribution in [2.45, 2.75) is 31.2 Å². The van der Waals surface area contributed by atoms with Crippen molar-refractivity contribution < 1.29 is 9.90 Å². The molecule has 0 amide bonds. The lowest BCUT2D eigenvalue weighted by Crippen LogP contribution is -2.42. The van der Waals surface area contributed by atoms with Crippen molar-refractivity contribution in [3.05, 3.63) is 35.4 Å². The maximum absolute atomic E-state index is 11.4. The first-order chi connectivity index (χ1) is 10.1. The second kappa shape index (κ2) is 6.16. The van der Waals surface area contributed by atoms with Gasteiger partial charge in [-0.3, -0.25) is 4.90 Å². The molecule has 2 aliphatic rings. The highest BCUT2D eigenvalue weighted by molar-refractivity contribution is 5.89. The molecule has 0 bridgehead atoms. The van der Waals surface area contributed by atoms with Crippen LogP contribution in [0.3, 0.4) is 0 Å². The van der Waals surface area contributed by atoms with E-state index in [2.05, 4.69) is 16.8 Å². The van der Waals surface area contributed by atoms with Gasteiger partial charge in [0.1, 0.15) is 0 Å². The van der Waals surface area contributed by atoms with Crippen LogP contribution in [0.2, 0.25) is 0 Å². The Hall–Kier alpha value is -1.39. The fourth-order valence-electron chi connectivity index (χ4n) is 3.78. The SMILES string of the molecule is CN1CCC(N2CC[C@@H](c3ccccc3C(=O)O)C2)CC1. The van der Waals surface area contributed by atoms with Gasteiger partial charge in [0.15, 0.2) is 0 Å². The van der Waals surface area contributed by atoms with Gasteiger partial charge >= 0.3 is 5.97 Å². The highest BCUT2D eigenvalue weighted by atomic mass is 16.4. The minimum atomic E-state index is -0.802. The van der Waals surface area contributed by atoms with Crippen molar-refractivity contribution in [3.63, 3.8) is 0 Å². The fraction of sp³-hybridized carbons (Fsp3) is 0.588. The van der Waals surface area contributed by atoms with E-state index in [0.717, 1.165) is 25.1 Å². The average molecular weight is 288 g/mol. The van der Waals surface area contributed by atoms with E-state index in [1.54, 1.807) is 6.07 Å². The van der Waals surface area contributed by atoms with Crippen LogP contribution in [0.5, 0.6) is 0 Å². The number of carbonyl (C=O) groups is 1. The molecule has 2 fully saturated rings. The Morgan fingerprint density at radius 2 is 1.86 bits per heavy atom. The molecule has 21 heavy (non-hydrogen) atoms. The number of carboxylic acid groups (broad SMARTS) is 1. The van der Waals surface area contributed by atoms with E-state index in [-0.39, 0.29) is 0 Å². The number of rotatable bonds is 3. The van der Waals surface area contributed by atoms with Crippen molar-refractivity contribution in [2.24, 2.45) is 0 Å². The van der Waals surface area contributed by atoms with Crippen LogP contribution in [-0.4, -0.2) is 60.1 Å². The molecule has 0 radical (unpaired) electrons. The molecule has 0 aliphatic carbocycles. The Balaban J connectivity index is 1.68. The van der Waals surface area contributed by atoms with Gasteiger partial charge in [0.2, 0.25) is 0 Å². The first kappa shape index (κ1) is 14.5. The number of benzene rings is 1. The minimum absolute atomic E-state index is 0.372. The summed E-state index contributed by atoms with van der Waals surface area (Å²) in [5, 5.41) is 9.35. The van der Waals surface area contributed by atoms with E-state index in [9.17, 15) is 9.90 Å². The number of aromatic carboxylic acids is 1. The lowest BCUT2D eigenvalue weighted by atomic mass is 9.93. The third-order valence-corrected chi connectivity index (χ3v) is 5.06. The standard InChI is InChI=1S/C17H24N2O2/c1-18-9-7-14(8-10-18)19-11-6-13(12-19)15-4-2-3-5-16(15)17(20)21/h2-5,13-14H,6-12H2,1H3,(H,20,21)/t13-/m1/s1. The van der Waals surface area contributed by atoms with Crippen molar-refractivity contribution in [3.8, 4) is 0 Å². The van der Waals surface area contributed by atoms with Gasteiger partial charge in [0.05, 0.1) is 5.56 Å². The smallest absolute Gasteiger partial charge is 0.335 e. The Kier molecular flexibility index (Phi) is 4.27. The summed E-state index contributed by atoms with van der Waals surface area (Å²) in [6.07, 6.45) is 3.56. The summed E-state index contributed by atoms with van der Waals surface area (Å²) in [6, 6.07) is 8.18. The summed E-state index contributed by atoms with van der Waals surface area (Å²) < 4.78 is 0. The highest BCUT2D eigenvalue weighted by Crippen LogP contribution is 2.32. The van der Waals surface area contributed by atoms with Crippen LogP contribution >= 0.6 is 0 Å². The summed E-state index contributed by atoms with van der Waals surface area (Å²) in [6.45, 7) is 4.47. The Bertz CT molecular complexity index is 509. The predicted octanol–water partition coefficient (Wildman–Crippen LogP) is 2.27. The monoisotopic (exact) mass is 288 g/mol. The largest absolute Gasteiger partial charge is 0.478 e. The zero-order valence-electron chi connectivity index (χ0n) is 12.7. The first-order valence-electron chi connectivity index (χ1n) is 7.90. The van der Waals surface area contributed by atoms with E-state index in [1.807, 2.05) is 18.2 Å². The van der Waals surface area contributed by atoms with Crippen LogP contribution in [0.1, 0.15) is 41.1 Å². The predicted molar refractivity (Wildman–Crippen MR) is 82.9 cm³/mol. The lowest BCUT2D eigenvalue weighted by molar-refractivity contribution is 0.0695. The molecule has 2 saturated heterocycles. The third-order valence-electron chi connectivity index (χ3n) is 5.06. The second-order valence-electron chi connectivity index (χ2n) is 6.41. The zero-order chi connectivity index (χ0) is 14.8. The van der Waals surface area contributed by atoms with E-state index >= 15 is 0 Å². The quantitative estimate of drug-likeness (QED) is 0.926. The molecule has 0 aromatic heterocycles. The number of likely N-dealkylation sites (tertiary alicyclic amines) is 2. The van der Waals surface area contributed by atoms with Crippen molar-refractivity contribution in [2.75, 3.05) is 33.2 Å². The lowest BCUT2D eigenvalue weighted by Gasteiger charge is -2.35. The normalized spacial score (nSPS) is 25.3. The minimum Gasteiger partial charge on any atom is -0.478 e. The second-order valence-corrected chi connectivity index (χ2v) is 6.41. The molecule has 0 saturated carbocycles. The Morgan fingerprint density at radius 3 is 2.57 bits per heavy atom. The van der Waals surface area contributed by atoms with Gasteiger partial charge in [-0.15, -0.1) is 0 Å². The highest BCUT2D eigenvalue weighted by Gasteiger charge is 2.32. The summed E-state index contributed by atoms with van der Waals surface area (Å²) in [5.41, 5.74) is 1.49. The van der Waals surface area contributed by atoms with Gasteiger partial charge in [-0.2, -0.15) is 0 Å². The van der Waals surface area contributed by atoms with Crippen LogP contribution in [0, 0.1) is 0 Å². The molecule has 114 valence electrons. The van der Waals surface area contributed by atoms with Gasteiger partial charge in [0.25, 0.3) is 0 Å². The molecule has 3 rings (SSSR count). The Labute approximate surface area is 126 Å². The van der Waals surface area contributed by atoms with Crippen LogP contribution in [0.4, 0.5) is 0 Å². The number of nitrogens with zero attached hydrogens (tertiary/aromatic N) is 2. The number of hydrogen-bond donors (Lipinski definition) is 1. The van der Waals surface area contributed by atoms with Crippen LogP contribution in [0.25, 0.3) is 0 Å². The number of piperidine rings is 1. The molecule has 0 unspecified atom stereocenters. The van der Waals surface area contributed by atoms with Gasteiger partial charge in [0, 0.05) is 12.6 Å². The van der Waals surface area contributed by atoms with Gasteiger partial charge in [-0.05, 0) is 63.5 Å². The average Bonchev–Trinajstić information content (AvgIpc) is 2.97. The Morgan fingerprint density at radius 1 is 1.14 bits per heavy atom. The maximum atomic E-state index is 11.4. The zero-order valence-corrected chi connectivity index (χ0v) is 12.7. The topological polar surface area (TPSA) is 43.8 Å². The molecular weight excluding hydrogens is 264 g/mol. The van der Waals surface area contributed by atoms with Crippen molar-refractivity contribution in [1.29, 1.82) is 0 Å². The summed E-state index contributed by atoms with van der Waals surface area (Å²) >= 11 is 0. The molecule has 0 spiro atoms. The molecule has 2 aliphatic heterocycles. The van der Waals surface area contributed by atoms with Gasteiger partial charge in [-0.1, -0.05) is 18.2 Å². The molecule has 1 N–H and O–H groups in total. The van der Waals surface area contributed by atoms with E-state index in [4.69, 9.17) is 0 Å². The van der Waals surface area contributed by atoms with Crippen LogP contribution < -0.4 is 0 Å². The van der Waals surface area contributed by atoms with Gasteiger partial charge in [-0.25, -0.2) is 4.79 Å². The van der Waals surface area contributed by atoms with E-state index in [0.29, 0.717) is 17.5 Å². The molecule has 1 atom stereocenters. The number of hydrogen-bond acceptors (Lipinski definition) is 3. The van der Waals surface area contributed by atoms with Crippen LogP contribution in [0.15, 0.2) is 24.3 Å². The van der Waals surface area contributed by atoms with Crippen molar-refractivity contribution >= 4 is 5.97 Å². The van der Waals surface area contributed by atoms with Crippen molar-refractivity contribution in [1.82, 2.24) is 9.80 Å². The molecule has 4 nitrogen and oxygen atoms in total. The molecular formula is C17H24N2O2. The molecule has 2 heterocycles. The summed E-state index contributed by atoms with van der Waals surface area (Å²) in [4.78, 5) is 16.4. The van der Waals surface area contributed by atoms with Crippen LogP contribution in [-0.2, 0) is 0 Å². The molecule has 1 aromatic rings. The van der Waals surface area contributed by atoms with Gasteiger partial charge < -0.3 is 10.0 Å². The summed E-state index contributed by atoms with van der Waals surface area (Å²) in [7, 11) is 2.19. The molecule has 1 aromatic carbocycles. The number of carboxylic acids is 1.